The first-order valence-corrected chi connectivity index (χ1v) is 12.3. The van der Waals surface area contributed by atoms with E-state index < -0.39 is 5.25 Å². The fourth-order valence-corrected chi connectivity index (χ4v) is 5.01. The molecule has 0 bridgehead atoms. The second kappa shape index (κ2) is 10.7. The first-order valence-electron chi connectivity index (χ1n) is 11.4. The van der Waals surface area contributed by atoms with Crippen LogP contribution < -0.4 is 4.90 Å². The third-order valence-corrected chi connectivity index (χ3v) is 6.94. The molecule has 2 aromatic carbocycles. The van der Waals surface area contributed by atoms with Crippen molar-refractivity contribution in [1.82, 2.24) is 15.1 Å². The molecule has 0 unspecified atom stereocenters. The predicted molar refractivity (Wildman–Crippen MR) is 129 cm³/mol. The fraction of sp³-hybridized carbons (Fsp3) is 0.400. The smallest absolute Gasteiger partial charge is 0.277 e. The van der Waals surface area contributed by atoms with Crippen LogP contribution in [-0.4, -0.2) is 47.2 Å². The Morgan fingerprint density at radius 1 is 1.00 bits per heavy atom. The van der Waals surface area contributed by atoms with Crippen LogP contribution in [0.5, 0.6) is 0 Å². The second-order valence-corrected chi connectivity index (χ2v) is 8.94. The molecule has 168 valence electrons. The lowest BCUT2D eigenvalue weighted by Gasteiger charge is -2.29. The summed E-state index contributed by atoms with van der Waals surface area (Å²) in [5, 5.41) is 8.50. The zero-order valence-corrected chi connectivity index (χ0v) is 19.6. The summed E-state index contributed by atoms with van der Waals surface area (Å²) in [6, 6.07) is 18.0. The number of nitrogens with zero attached hydrogens (tertiary/aromatic N) is 4. The van der Waals surface area contributed by atoms with Crippen LogP contribution in [0.3, 0.4) is 0 Å². The maximum atomic E-state index is 13.3. The molecule has 1 aliphatic heterocycles. The number of amides is 1. The summed E-state index contributed by atoms with van der Waals surface area (Å²) in [7, 11) is 0. The van der Waals surface area contributed by atoms with E-state index in [1.165, 1.54) is 23.9 Å². The molecule has 4 rings (SSSR count). The van der Waals surface area contributed by atoms with E-state index in [1.54, 1.807) is 0 Å². The number of rotatable bonds is 8. The van der Waals surface area contributed by atoms with Gasteiger partial charge < -0.3 is 14.2 Å². The minimum Gasteiger partial charge on any atom is -0.411 e. The summed E-state index contributed by atoms with van der Waals surface area (Å²) in [5.74, 6) is 0.583. The lowest BCUT2D eigenvalue weighted by atomic mass is 10.1. The van der Waals surface area contributed by atoms with Gasteiger partial charge in [0.05, 0.1) is 0 Å². The standard InChI is InChI=1S/C25H30N4O2S/c1-3-28(4-2)21-15-13-20(14-16-21)23-26-27-25(31-23)32-22(19-11-7-5-8-12-19)24(30)29-17-9-6-10-18-29/h5,7-8,11-16,22H,3-4,6,9-10,17-18H2,1-2H3/t22-/m0/s1. The van der Waals surface area contributed by atoms with Crippen LogP contribution in [0.15, 0.2) is 64.2 Å². The summed E-state index contributed by atoms with van der Waals surface area (Å²) in [5.41, 5.74) is 3.00. The van der Waals surface area contributed by atoms with Crippen molar-refractivity contribution in [1.29, 1.82) is 0 Å². The van der Waals surface area contributed by atoms with E-state index >= 15 is 0 Å². The van der Waals surface area contributed by atoms with E-state index in [4.69, 9.17) is 4.42 Å². The Labute approximate surface area is 194 Å². The summed E-state index contributed by atoms with van der Waals surface area (Å²) < 4.78 is 5.97. The van der Waals surface area contributed by atoms with Crippen molar-refractivity contribution in [2.75, 3.05) is 31.1 Å². The van der Waals surface area contributed by atoms with Gasteiger partial charge in [-0.05, 0) is 74.7 Å². The van der Waals surface area contributed by atoms with Gasteiger partial charge in [-0.1, -0.05) is 30.3 Å². The van der Waals surface area contributed by atoms with E-state index in [9.17, 15) is 4.79 Å². The number of carbonyl (C=O) groups is 1. The number of anilines is 1. The van der Waals surface area contributed by atoms with Gasteiger partial charge in [-0.15, -0.1) is 10.2 Å². The van der Waals surface area contributed by atoms with E-state index in [-0.39, 0.29) is 5.91 Å². The molecule has 1 fully saturated rings. The minimum atomic E-state index is -0.396. The normalized spacial score (nSPS) is 14.9. The highest BCUT2D eigenvalue weighted by atomic mass is 32.2. The maximum absolute atomic E-state index is 13.3. The highest BCUT2D eigenvalue weighted by molar-refractivity contribution is 8.00. The van der Waals surface area contributed by atoms with Gasteiger partial charge in [0.1, 0.15) is 5.25 Å². The van der Waals surface area contributed by atoms with Crippen molar-refractivity contribution >= 4 is 23.4 Å². The Hall–Kier alpha value is -2.80. The SMILES string of the molecule is CCN(CC)c1ccc(-c2nnc(S[C@H](C(=O)N3CCCCC3)c3ccccc3)o2)cc1. The molecule has 2 heterocycles. The molecule has 3 aromatic rings. The number of piperidine rings is 1. The van der Waals surface area contributed by atoms with Crippen molar-refractivity contribution in [3.05, 3.63) is 60.2 Å². The highest BCUT2D eigenvalue weighted by Crippen LogP contribution is 2.37. The van der Waals surface area contributed by atoms with Crippen LogP contribution in [0.1, 0.15) is 43.9 Å². The Balaban J connectivity index is 1.53. The number of likely N-dealkylation sites (tertiary alicyclic amines) is 1. The van der Waals surface area contributed by atoms with Gasteiger partial charge >= 0.3 is 0 Å². The number of carbonyl (C=O) groups excluding carboxylic acids is 1. The molecule has 6 nitrogen and oxygen atoms in total. The zero-order valence-electron chi connectivity index (χ0n) is 18.7. The minimum absolute atomic E-state index is 0.115. The summed E-state index contributed by atoms with van der Waals surface area (Å²) >= 11 is 1.33. The van der Waals surface area contributed by atoms with E-state index in [0.717, 1.165) is 50.1 Å². The molecule has 0 spiro atoms. The van der Waals surface area contributed by atoms with Gasteiger partial charge in [0.15, 0.2) is 0 Å². The number of thioether (sulfide) groups is 1. The van der Waals surface area contributed by atoms with Crippen LogP contribution in [0.25, 0.3) is 11.5 Å². The third kappa shape index (κ3) is 5.15. The van der Waals surface area contributed by atoms with E-state index in [1.807, 2.05) is 47.4 Å². The topological polar surface area (TPSA) is 62.5 Å². The van der Waals surface area contributed by atoms with Crippen LogP contribution in [0.4, 0.5) is 5.69 Å². The lowest BCUT2D eigenvalue weighted by Crippen LogP contribution is -2.38. The molecule has 32 heavy (non-hydrogen) atoms. The van der Waals surface area contributed by atoms with Crippen molar-refractivity contribution < 1.29 is 9.21 Å². The van der Waals surface area contributed by atoms with Crippen LogP contribution in [0, 0.1) is 0 Å². The Kier molecular flexibility index (Phi) is 7.47. The van der Waals surface area contributed by atoms with Crippen molar-refractivity contribution in [3.63, 3.8) is 0 Å². The molecule has 1 atom stereocenters. The molecular weight excluding hydrogens is 420 g/mol. The number of aromatic nitrogens is 2. The van der Waals surface area contributed by atoms with Crippen LogP contribution in [-0.2, 0) is 4.79 Å². The highest BCUT2D eigenvalue weighted by Gasteiger charge is 2.29. The Bertz CT molecular complexity index is 996. The van der Waals surface area contributed by atoms with Crippen molar-refractivity contribution in [3.8, 4) is 11.5 Å². The Morgan fingerprint density at radius 3 is 2.34 bits per heavy atom. The summed E-state index contributed by atoms with van der Waals surface area (Å²) in [6.45, 7) is 7.85. The molecule has 7 heteroatoms. The van der Waals surface area contributed by atoms with Crippen molar-refractivity contribution in [2.24, 2.45) is 0 Å². The summed E-state index contributed by atoms with van der Waals surface area (Å²) in [6.07, 6.45) is 3.31. The number of hydrogen-bond donors (Lipinski definition) is 0. The fourth-order valence-electron chi connectivity index (χ4n) is 4.05. The molecule has 1 saturated heterocycles. The first-order chi connectivity index (χ1) is 15.7. The maximum Gasteiger partial charge on any atom is 0.277 e. The zero-order chi connectivity index (χ0) is 22.3. The predicted octanol–water partition coefficient (Wildman–Crippen LogP) is 5.43. The van der Waals surface area contributed by atoms with Gasteiger partial charge in [0.2, 0.25) is 11.8 Å². The van der Waals surface area contributed by atoms with E-state index in [0.29, 0.717) is 11.1 Å². The van der Waals surface area contributed by atoms with Crippen LogP contribution >= 0.6 is 11.8 Å². The second-order valence-electron chi connectivity index (χ2n) is 7.89. The van der Waals surface area contributed by atoms with Gasteiger partial charge in [-0.3, -0.25) is 4.79 Å². The summed E-state index contributed by atoms with van der Waals surface area (Å²) in [4.78, 5) is 17.6. The van der Waals surface area contributed by atoms with Gasteiger partial charge in [0.25, 0.3) is 5.22 Å². The molecule has 0 aliphatic carbocycles. The van der Waals surface area contributed by atoms with Gasteiger partial charge in [-0.25, -0.2) is 0 Å². The van der Waals surface area contributed by atoms with Crippen LogP contribution in [0.2, 0.25) is 0 Å². The monoisotopic (exact) mass is 450 g/mol. The molecule has 0 radical (unpaired) electrons. The first kappa shape index (κ1) is 22.4. The van der Waals surface area contributed by atoms with Crippen molar-refractivity contribution in [2.45, 2.75) is 43.6 Å². The van der Waals surface area contributed by atoms with Gasteiger partial charge in [0, 0.05) is 37.4 Å². The average Bonchev–Trinajstić information content (AvgIpc) is 3.33. The number of benzene rings is 2. The van der Waals surface area contributed by atoms with Gasteiger partial charge in [-0.2, -0.15) is 0 Å². The van der Waals surface area contributed by atoms with E-state index in [2.05, 4.69) is 41.1 Å². The lowest BCUT2D eigenvalue weighted by molar-refractivity contribution is -0.131. The molecule has 1 aromatic heterocycles. The number of hydrogen-bond acceptors (Lipinski definition) is 6. The molecule has 1 amide bonds. The molecule has 0 N–H and O–H groups in total. The molecular formula is C25H30N4O2S. The third-order valence-electron chi connectivity index (χ3n) is 5.86. The molecule has 0 saturated carbocycles. The quantitative estimate of drug-likeness (QED) is 0.427. The Morgan fingerprint density at radius 2 is 1.69 bits per heavy atom. The largest absolute Gasteiger partial charge is 0.411 e. The molecule has 1 aliphatic rings. The average molecular weight is 451 g/mol.